The van der Waals surface area contributed by atoms with Gasteiger partial charge in [-0.25, -0.2) is 0 Å². The van der Waals surface area contributed by atoms with E-state index >= 15 is 0 Å². The molecule has 0 aromatic heterocycles. The molecule has 0 heterocycles. The van der Waals surface area contributed by atoms with Gasteiger partial charge in [0.2, 0.25) is 0 Å². The number of Topliss-reactive ketones (excluding diaryl/α,β-unsaturated/α-hetero) is 1. The molecule has 0 unspecified atom stereocenters. The lowest BCUT2D eigenvalue weighted by Crippen LogP contribution is -2.17. The van der Waals surface area contributed by atoms with Crippen molar-refractivity contribution >= 4 is 5.78 Å². The van der Waals surface area contributed by atoms with Crippen molar-refractivity contribution in [2.75, 3.05) is 0 Å². The average Bonchev–Trinajstić information content (AvgIpc) is 2.44. The van der Waals surface area contributed by atoms with Crippen LogP contribution < -0.4 is 4.74 Å². The molecule has 2 nitrogen and oxygen atoms in total. The highest BCUT2D eigenvalue weighted by Crippen LogP contribution is 2.28. The first kappa shape index (κ1) is 15.9. The van der Waals surface area contributed by atoms with Gasteiger partial charge in [-0.2, -0.15) is 0 Å². The zero-order chi connectivity index (χ0) is 15.3. The van der Waals surface area contributed by atoms with E-state index in [0.717, 1.165) is 25.3 Å². The Morgan fingerprint density at radius 1 is 1.19 bits per heavy atom. The van der Waals surface area contributed by atoms with Gasteiger partial charge in [-0.15, -0.1) is 13.2 Å². The third kappa shape index (κ3) is 5.40. The van der Waals surface area contributed by atoms with E-state index in [1.165, 1.54) is 37.5 Å². The molecule has 1 aliphatic rings. The fourth-order valence-corrected chi connectivity index (χ4v) is 2.82. The van der Waals surface area contributed by atoms with Gasteiger partial charge in [0.1, 0.15) is 5.75 Å². The molecule has 0 spiro atoms. The number of rotatable bonds is 5. The molecule has 0 bridgehead atoms. The predicted molar refractivity (Wildman–Crippen MR) is 73.3 cm³/mol. The molecule has 0 N–H and O–H groups in total. The van der Waals surface area contributed by atoms with Crippen molar-refractivity contribution < 1.29 is 22.7 Å². The summed E-state index contributed by atoms with van der Waals surface area (Å²) in [5.41, 5.74) is 0.285. The van der Waals surface area contributed by atoms with Crippen LogP contribution in [0.2, 0.25) is 0 Å². The summed E-state index contributed by atoms with van der Waals surface area (Å²) in [6, 6.07) is 5.31. The van der Waals surface area contributed by atoms with Crippen molar-refractivity contribution in [3.63, 3.8) is 0 Å². The van der Waals surface area contributed by atoms with Gasteiger partial charge in [0.25, 0.3) is 0 Å². The molecule has 1 aliphatic carbocycles. The Kier molecular flexibility index (Phi) is 5.26. The molecular weight excluding hydrogens is 281 g/mol. The van der Waals surface area contributed by atoms with Crippen molar-refractivity contribution in [1.29, 1.82) is 0 Å². The summed E-state index contributed by atoms with van der Waals surface area (Å²) in [4.78, 5) is 12.1. The van der Waals surface area contributed by atoms with Crippen LogP contribution in [0, 0.1) is 5.92 Å². The number of hydrogen-bond acceptors (Lipinski definition) is 2. The number of benzene rings is 1. The molecule has 1 fully saturated rings. The molecule has 5 heteroatoms. The zero-order valence-electron chi connectivity index (χ0n) is 11.8. The number of alkyl halides is 3. The molecular formula is C16H19F3O2. The van der Waals surface area contributed by atoms with Crippen LogP contribution in [-0.2, 0) is 0 Å². The molecule has 116 valence electrons. The van der Waals surface area contributed by atoms with E-state index in [0.29, 0.717) is 12.3 Å². The molecule has 0 radical (unpaired) electrons. The monoisotopic (exact) mass is 300 g/mol. The quantitative estimate of drug-likeness (QED) is 0.705. The number of hydrogen-bond donors (Lipinski definition) is 0. The Morgan fingerprint density at radius 2 is 1.90 bits per heavy atom. The Bertz CT molecular complexity index is 477. The summed E-state index contributed by atoms with van der Waals surface area (Å²) in [6.07, 6.45) is 2.49. The van der Waals surface area contributed by atoms with Crippen molar-refractivity contribution in [3.8, 4) is 5.75 Å². The topological polar surface area (TPSA) is 26.3 Å². The van der Waals surface area contributed by atoms with Gasteiger partial charge in [0, 0.05) is 12.0 Å². The smallest absolute Gasteiger partial charge is 0.406 e. The third-order valence-electron chi connectivity index (χ3n) is 3.89. The Labute approximate surface area is 122 Å². The molecule has 21 heavy (non-hydrogen) atoms. The number of carbonyl (C=O) groups is 1. The lowest BCUT2D eigenvalue weighted by Gasteiger charge is -2.20. The highest BCUT2D eigenvalue weighted by Gasteiger charge is 2.31. The van der Waals surface area contributed by atoms with E-state index in [1.54, 1.807) is 0 Å². The highest BCUT2D eigenvalue weighted by atomic mass is 19.4. The third-order valence-corrected chi connectivity index (χ3v) is 3.89. The van der Waals surface area contributed by atoms with E-state index < -0.39 is 6.36 Å². The van der Waals surface area contributed by atoms with E-state index in [4.69, 9.17) is 0 Å². The molecule has 2 rings (SSSR count). The van der Waals surface area contributed by atoms with Crippen LogP contribution in [0.25, 0.3) is 0 Å². The summed E-state index contributed by atoms with van der Waals surface area (Å²) in [6.45, 7) is 0. The van der Waals surface area contributed by atoms with Gasteiger partial charge >= 0.3 is 6.36 Å². The maximum atomic E-state index is 12.2. The van der Waals surface area contributed by atoms with Crippen LogP contribution in [0.3, 0.4) is 0 Å². The SMILES string of the molecule is O=C(CCC1CCCCC1)c1cccc(OC(F)(F)F)c1. The minimum atomic E-state index is -4.73. The van der Waals surface area contributed by atoms with E-state index in [-0.39, 0.29) is 17.1 Å². The number of ketones is 1. The molecule has 0 amide bonds. The maximum absolute atomic E-state index is 12.2. The molecule has 1 saturated carbocycles. The average molecular weight is 300 g/mol. The molecule has 1 aromatic carbocycles. The standard InChI is InChI=1S/C16H19F3O2/c17-16(18,19)21-14-8-4-7-13(11-14)15(20)10-9-12-5-2-1-3-6-12/h4,7-8,11-12H,1-3,5-6,9-10H2. The number of ether oxygens (including phenoxy) is 1. The van der Waals surface area contributed by atoms with E-state index in [1.807, 2.05) is 0 Å². The second-order valence-electron chi connectivity index (χ2n) is 5.54. The second-order valence-corrected chi connectivity index (χ2v) is 5.54. The van der Waals surface area contributed by atoms with E-state index in [2.05, 4.69) is 4.74 Å². The normalized spacial score (nSPS) is 16.7. The summed E-state index contributed by atoms with van der Waals surface area (Å²) >= 11 is 0. The van der Waals surface area contributed by atoms with Crippen molar-refractivity contribution in [1.82, 2.24) is 0 Å². The van der Waals surface area contributed by atoms with Gasteiger partial charge in [0.05, 0.1) is 0 Å². The minimum absolute atomic E-state index is 0.117. The van der Waals surface area contributed by atoms with Crippen LogP contribution in [0.1, 0.15) is 55.3 Å². The molecule has 1 aromatic rings. The van der Waals surface area contributed by atoms with Crippen LogP contribution in [0.5, 0.6) is 5.75 Å². The molecule has 0 aliphatic heterocycles. The van der Waals surface area contributed by atoms with Gasteiger partial charge in [-0.1, -0.05) is 44.2 Å². The summed E-state index contributed by atoms with van der Waals surface area (Å²) in [5.74, 6) is 0.122. The van der Waals surface area contributed by atoms with Gasteiger partial charge < -0.3 is 4.74 Å². The molecule has 0 saturated heterocycles. The van der Waals surface area contributed by atoms with Gasteiger partial charge in [0.15, 0.2) is 5.78 Å². The van der Waals surface area contributed by atoms with Crippen molar-refractivity contribution in [2.45, 2.75) is 51.3 Å². The summed E-state index contributed by atoms with van der Waals surface area (Å²) in [5, 5.41) is 0. The second kappa shape index (κ2) is 6.96. The summed E-state index contributed by atoms with van der Waals surface area (Å²) in [7, 11) is 0. The van der Waals surface area contributed by atoms with Crippen LogP contribution in [0.4, 0.5) is 13.2 Å². The largest absolute Gasteiger partial charge is 0.573 e. The van der Waals surface area contributed by atoms with Crippen LogP contribution >= 0.6 is 0 Å². The number of carbonyl (C=O) groups excluding carboxylic acids is 1. The predicted octanol–water partition coefficient (Wildman–Crippen LogP) is 5.13. The van der Waals surface area contributed by atoms with Crippen molar-refractivity contribution in [3.05, 3.63) is 29.8 Å². The Balaban J connectivity index is 1.91. The zero-order valence-corrected chi connectivity index (χ0v) is 11.8. The lowest BCUT2D eigenvalue weighted by atomic mass is 9.85. The minimum Gasteiger partial charge on any atom is -0.406 e. The van der Waals surface area contributed by atoms with Crippen molar-refractivity contribution in [2.24, 2.45) is 5.92 Å². The first-order valence-electron chi connectivity index (χ1n) is 7.33. The first-order chi connectivity index (χ1) is 9.94. The first-order valence-corrected chi connectivity index (χ1v) is 7.33. The fraction of sp³-hybridized carbons (Fsp3) is 0.562. The van der Waals surface area contributed by atoms with E-state index in [9.17, 15) is 18.0 Å². The highest BCUT2D eigenvalue weighted by molar-refractivity contribution is 5.96. The van der Waals surface area contributed by atoms with Crippen LogP contribution in [0.15, 0.2) is 24.3 Å². The Morgan fingerprint density at radius 3 is 2.57 bits per heavy atom. The number of halogens is 3. The van der Waals surface area contributed by atoms with Crippen LogP contribution in [-0.4, -0.2) is 12.1 Å². The Hall–Kier alpha value is -1.52. The summed E-state index contributed by atoms with van der Waals surface area (Å²) < 4.78 is 40.3. The fourth-order valence-electron chi connectivity index (χ4n) is 2.82. The van der Waals surface area contributed by atoms with Gasteiger partial charge in [-0.05, 0) is 24.5 Å². The maximum Gasteiger partial charge on any atom is 0.573 e. The van der Waals surface area contributed by atoms with Gasteiger partial charge in [-0.3, -0.25) is 4.79 Å². The lowest BCUT2D eigenvalue weighted by molar-refractivity contribution is -0.274. The molecule has 0 atom stereocenters.